The summed E-state index contributed by atoms with van der Waals surface area (Å²) in [7, 11) is 0. The van der Waals surface area contributed by atoms with Gasteiger partial charge in [0.25, 0.3) is 0 Å². The van der Waals surface area contributed by atoms with E-state index in [-0.39, 0.29) is 0 Å². The lowest BCUT2D eigenvalue weighted by atomic mass is 9.84. The first-order valence-corrected chi connectivity index (χ1v) is 4.24. The van der Waals surface area contributed by atoms with E-state index in [4.69, 9.17) is 5.11 Å². The lowest BCUT2D eigenvalue weighted by Crippen LogP contribution is -2.20. The molecule has 0 aliphatic carbocycles. The second-order valence-electron chi connectivity index (χ2n) is 3.48. The van der Waals surface area contributed by atoms with Crippen LogP contribution in [0.3, 0.4) is 0 Å². The van der Waals surface area contributed by atoms with Crippen molar-refractivity contribution in [2.75, 3.05) is 6.61 Å². The molecule has 2 atom stereocenters. The maximum atomic E-state index is 9.00. The molecule has 0 amide bonds. The van der Waals surface area contributed by atoms with Gasteiger partial charge in [-0.15, -0.1) is 0 Å². The van der Waals surface area contributed by atoms with Crippen LogP contribution in [0.25, 0.3) is 0 Å². The Balaban J connectivity index is 3.80. The summed E-state index contributed by atoms with van der Waals surface area (Å²) in [4.78, 5) is 0. The van der Waals surface area contributed by atoms with E-state index in [1.165, 1.54) is 6.42 Å². The lowest BCUT2D eigenvalue weighted by molar-refractivity contribution is 0.140. The fourth-order valence-corrected chi connectivity index (χ4v) is 1.35. The van der Waals surface area contributed by atoms with Crippen LogP contribution >= 0.6 is 0 Å². The standard InChI is InChI=1S/C9H20O/c1-5-8(4)9(6-10)7(2)3/h7-10H,5-6H2,1-4H3/t8-,9?/m1/s1. The van der Waals surface area contributed by atoms with Crippen LogP contribution in [0.2, 0.25) is 0 Å². The molecule has 0 rings (SSSR count). The van der Waals surface area contributed by atoms with Crippen LogP contribution in [0.4, 0.5) is 0 Å². The molecular weight excluding hydrogens is 124 g/mol. The monoisotopic (exact) mass is 144 g/mol. The minimum atomic E-state index is 0.340. The molecule has 0 saturated heterocycles. The SMILES string of the molecule is CC[C@@H](C)C(CO)C(C)C. The summed E-state index contributed by atoms with van der Waals surface area (Å²) >= 11 is 0. The molecule has 0 saturated carbocycles. The largest absolute Gasteiger partial charge is 0.396 e. The fraction of sp³-hybridized carbons (Fsp3) is 1.00. The van der Waals surface area contributed by atoms with E-state index >= 15 is 0 Å². The van der Waals surface area contributed by atoms with Crippen molar-refractivity contribution in [3.05, 3.63) is 0 Å². The van der Waals surface area contributed by atoms with Gasteiger partial charge in [0, 0.05) is 6.61 Å². The van der Waals surface area contributed by atoms with Gasteiger partial charge in [0.05, 0.1) is 0 Å². The Kier molecular flexibility index (Phi) is 4.71. The molecule has 1 heteroatoms. The Labute approximate surface area is 64.5 Å². The molecule has 10 heavy (non-hydrogen) atoms. The number of aliphatic hydroxyl groups is 1. The van der Waals surface area contributed by atoms with Crippen molar-refractivity contribution in [2.45, 2.75) is 34.1 Å². The third-order valence-corrected chi connectivity index (χ3v) is 2.44. The molecule has 0 aromatic carbocycles. The highest BCUT2D eigenvalue weighted by Gasteiger charge is 2.17. The maximum Gasteiger partial charge on any atom is 0.0464 e. The van der Waals surface area contributed by atoms with Gasteiger partial charge in [-0.3, -0.25) is 0 Å². The van der Waals surface area contributed by atoms with E-state index in [0.717, 1.165) is 0 Å². The van der Waals surface area contributed by atoms with Crippen LogP contribution in [0.1, 0.15) is 34.1 Å². The molecule has 0 aromatic rings. The predicted octanol–water partition coefficient (Wildman–Crippen LogP) is 2.30. The highest BCUT2D eigenvalue weighted by atomic mass is 16.3. The van der Waals surface area contributed by atoms with Gasteiger partial charge in [-0.05, 0) is 17.8 Å². The van der Waals surface area contributed by atoms with Crippen LogP contribution in [0.15, 0.2) is 0 Å². The molecule has 0 spiro atoms. The van der Waals surface area contributed by atoms with E-state index in [1.54, 1.807) is 0 Å². The number of aliphatic hydroxyl groups excluding tert-OH is 1. The summed E-state index contributed by atoms with van der Waals surface area (Å²) in [6, 6.07) is 0. The number of hydrogen-bond donors (Lipinski definition) is 1. The van der Waals surface area contributed by atoms with Crippen molar-refractivity contribution in [3.8, 4) is 0 Å². The average Bonchev–Trinajstić information content (AvgIpc) is 1.88. The third kappa shape index (κ3) is 2.70. The van der Waals surface area contributed by atoms with Gasteiger partial charge in [0.15, 0.2) is 0 Å². The Bertz CT molecular complexity index is 78.8. The van der Waals surface area contributed by atoms with Crippen molar-refractivity contribution in [1.82, 2.24) is 0 Å². The van der Waals surface area contributed by atoms with Gasteiger partial charge in [-0.25, -0.2) is 0 Å². The smallest absolute Gasteiger partial charge is 0.0464 e. The van der Waals surface area contributed by atoms with Crippen molar-refractivity contribution < 1.29 is 5.11 Å². The molecular formula is C9H20O. The Morgan fingerprint density at radius 2 is 1.70 bits per heavy atom. The summed E-state index contributed by atoms with van der Waals surface area (Å²) in [6.07, 6.45) is 1.17. The van der Waals surface area contributed by atoms with E-state index in [0.29, 0.717) is 24.4 Å². The van der Waals surface area contributed by atoms with Gasteiger partial charge in [0.1, 0.15) is 0 Å². The summed E-state index contributed by atoms with van der Waals surface area (Å²) in [5.74, 6) is 1.76. The van der Waals surface area contributed by atoms with Gasteiger partial charge in [-0.2, -0.15) is 0 Å². The Morgan fingerprint density at radius 1 is 1.20 bits per heavy atom. The Morgan fingerprint density at radius 3 is 1.80 bits per heavy atom. The quantitative estimate of drug-likeness (QED) is 0.642. The molecule has 0 fully saturated rings. The first-order chi connectivity index (χ1) is 4.63. The molecule has 62 valence electrons. The lowest BCUT2D eigenvalue weighted by Gasteiger charge is -2.24. The zero-order valence-corrected chi connectivity index (χ0v) is 7.59. The van der Waals surface area contributed by atoms with Crippen LogP contribution in [0.5, 0.6) is 0 Å². The van der Waals surface area contributed by atoms with Crippen LogP contribution in [-0.2, 0) is 0 Å². The van der Waals surface area contributed by atoms with Crippen molar-refractivity contribution in [3.63, 3.8) is 0 Å². The topological polar surface area (TPSA) is 20.2 Å². The molecule has 0 aliphatic rings. The normalized spacial score (nSPS) is 17.4. The first kappa shape index (κ1) is 9.96. The predicted molar refractivity (Wildman–Crippen MR) is 44.9 cm³/mol. The molecule has 1 N–H and O–H groups in total. The van der Waals surface area contributed by atoms with Gasteiger partial charge in [0.2, 0.25) is 0 Å². The van der Waals surface area contributed by atoms with Crippen molar-refractivity contribution in [2.24, 2.45) is 17.8 Å². The summed E-state index contributed by atoms with van der Waals surface area (Å²) in [6.45, 7) is 9.07. The van der Waals surface area contributed by atoms with Crippen molar-refractivity contribution in [1.29, 1.82) is 0 Å². The number of hydrogen-bond acceptors (Lipinski definition) is 1. The summed E-state index contributed by atoms with van der Waals surface area (Å²) in [5.41, 5.74) is 0. The van der Waals surface area contributed by atoms with Crippen molar-refractivity contribution >= 4 is 0 Å². The average molecular weight is 144 g/mol. The minimum absolute atomic E-state index is 0.340. The molecule has 0 aromatic heterocycles. The third-order valence-electron chi connectivity index (χ3n) is 2.44. The van der Waals surface area contributed by atoms with Gasteiger partial charge < -0.3 is 5.11 Å². The van der Waals surface area contributed by atoms with Crippen LogP contribution in [0, 0.1) is 17.8 Å². The zero-order chi connectivity index (χ0) is 8.15. The van der Waals surface area contributed by atoms with E-state index < -0.39 is 0 Å². The second kappa shape index (κ2) is 4.73. The molecule has 0 bridgehead atoms. The van der Waals surface area contributed by atoms with Gasteiger partial charge in [-0.1, -0.05) is 34.1 Å². The summed E-state index contributed by atoms with van der Waals surface area (Å²) < 4.78 is 0. The number of rotatable bonds is 4. The molecule has 0 radical (unpaired) electrons. The maximum absolute atomic E-state index is 9.00. The molecule has 1 unspecified atom stereocenters. The second-order valence-corrected chi connectivity index (χ2v) is 3.48. The fourth-order valence-electron chi connectivity index (χ4n) is 1.35. The first-order valence-electron chi connectivity index (χ1n) is 4.24. The van der Waals surface area contributed by atoms with E-state index in [9.17, 15) is 0 Å². The molecule has 0 aliphatic heterocycles. The van der Waals surface area contributed by atoms with Crippen LogP contribution in [-0.4, -0.2) is 11.7 Å². The minimum Gasteiger partial charge on any atom is -0.396 e. The molecule has 1 nitrogen and oxygen atoms in total. The zero-order valence-electron chi connectivity index (χ0n) is 7.59. The highest BCUT2D eigenvalue weighted by Crippen LogP contribution is 2.22. The summed E-state index contributed by atoms with van der Waals surface area (Å²) in [5, 5.41) is 9.00. The van der Waals surface area contributed by atoms with Gasteiger partial charge >= 0.3 is 0 Å². The highest BCUT2D eigenvalue weighted by molar-refractivity contribution is 4.67. The van der Waals surface area contributed by atoms with E-state index in [1.807, 2.05) is 0 Å². The Hall–Kier alpha value is -0.0400. The van der Waals surface area contributed by atoms with Crippen LogP contribution < -0.4 is 0 Å². The molecule has 0 heterocycles. The van der Waals surface area contributed by atoms with E-state index in [2.05, 4.69) is 27.7 Å².